The Hall–Kier alpha value is -2.94. The molecule has 6 atom stereocenters. The van der Waals surface area contributed by atoms with Crippen LogP contribution in [0.15, 0.2) is 36.7 Å². The first-order chi connectivity index (χ1) is 18.5. The lowest BCUT2D eigenvalue weighted by Crippen LogP contribution is -2.41. The number of carbonyl (C=O) groups is 1. The van der Waals surface area contributed by atoms with Gasteiger partial charge in [0, 0.05) is 7.05 Å². The number of ether oxygens (including phenoxy) is 2. The van der Waals surface area contributed by atoms with Crippen LogP contribution in [-0.2, 0) is 30.6 Å². The minimum absolute atomic E-state index is 0.0480. The standard InChI is InChI=1S/C23H31FN7O6PS/c1-5-34-20(33)13(2)30-38(39,37-14-9-7-6-8-10-14)35-11-15-17(32)23(3,24)21(36-15)31-12-27-16-18(26-4)28-22(25)29-19(16)31/h6-10,12-13,15,17,21,32H,5,11H2,1-4H3,(H,30,39)(H3,25,26,28,29)/t13-,15+,17+,21+,23+,38-/m0/s1. The van der Waals surface area contributed by atoms with Crippen LogP contribution in [0.2, 0.25) is 0 Å². The molecule has 0 amide bonds. The van der Waals surface area contributed by atoms with Crippen molar-refractivity contribution in [1.29, 1.82) is 0 Å². The molecule has 212 valence electrons. The molecule has 1 aromatic carbocycles. The number of halogens is 1. The first-order valence-electron chi connectivity index (χ1n) is 12.1. The first-order valence-corrected chi connectivity index (χ1v) is 14.8. The second-order valence-electron chi connectivity index (χ2n) is 8.93. The summed E-state index contributed by atoms with van der Waals surface area (Å²) < 4.78 is 40.2. The molecule has 3 heterocycles. The Morgan fingerprint density at radius 2 is 2.10 bits per heavy atom. The molecule has 1 saturated heterocycles. The third kappa shape index (κ3) is 6.13. The summed E-state index contributed by atoms with van der Waals surface area (Å²) in [6.07, 6.45) is -2.77. The number of hydrogen-bond donors (Lipinski definition) is 4. The fraction of sp³-hybridized carbons (Fsp3) is 0.478. The second kappa shape index (κ2) is 11.7. The van der Waals surface area contributed by atoms with E-state index in [4.69, 9.17) is 36.1 Å². The number of nitrogens with zero attached hydrogens (tertiary/aromatic N) is 4. The molecule has 39 heavy (non-hydrogen) atoms. The van der Waals surface area contributed by atoms with Gasteiger partial charge in [0.1, 0.15) is 24.0 Å². The Bertz CT molecular complexity index is 1360. The van der Waals surface area contributed by atoms with Crippen LogP contribution in [-0.4, -0.2) is 74.8 Å². The van der Waals surface area contributed by atoms with Crippen LogP contribution in [0.1, 0.15) is 27.0 Å². The van der Waals surface area contributed by atoms with Crippen molar-refractivity contribution in [2.75, 3.05) is 31.3 Å². The van der Waals surface area contributed by atoms with Gasteiger partial charge >= 0.3 is 12.6 Å². The molecule has 3 aromatic rings. The highest BCUT2D eigenvalue weighted by Crippen LogP contribution is 2.48. The number of carbonyl (C=O) groups excluding carboxylic acids is 1. The van der Waals surface area contributed by atoms with E-state index in [0.29, 0.717) is 17.1 Å². The lowest BCUT2D eigenvalue weighted by molar-refractivity contribution is -0.144. The number of para-hydroxylation sites is 1. The maximum atomic E-state index is 16.0. The number of nitrogen functional groups attached to an aromatic ring is 1. The van der Waals surface area contributed by atoms with E-state index in [9.17, 15) is 9.90 Å². The van der Waals surface area contributed by atoms with Crippen LogP contribution in [0.25, 0.3) is 11.2 Å². The number of aliphatic hydroxyl groups is 1. The molecule has 5 N–H and O–H groups in total. The van der Waals surface area contributed by atoms with Gasteiger partial charge in [-0.25, -0.2) is 14.5 Å². The van der Waals surface area contributed by atoms with Gasteiger partial charge in [-0.2, -0.15) is 9.97 Å². The van der Waals surface area contributed by atoms with Gasteiger partial charge in [0.15, 0.2) is 28.9 Å². The number of fused-ring (bicyclic) bond motifs is 1. The van der Waals surface area contributed by atoms with Gasteiger partial charge in [0.05, 0.1) is 19.5 Å². The Labute approximate surface area is 229 Å². The maximum absolute atomic E-state index is 16.0. The Kier molecular flexibility index (Phi) is 8.69. The highest BCUT2D eigenvalue weighted by molar-refractivity contribution is 8.09. The molecule has 0 saturated carbocycles. The van der Waals surface area contributed by atoms with Crippen LogP contribution in [0.4, 0.5) is 16.2 Å². The number of nitrogens with two attached hydrogens (primary N) is 1. The number of benzene rings is 1. The molecule has 0 spiro atoms. The zero-order valence-electron chi connectivity index (χ0n) is 21.8. The minimum atomic E-state index is -3.43. The Morgan fingerprint density at radius 1 is 1.38 bits per heavy atom. The topological polar surface area (TPSA) is 168 Å². The molecular formula is C23H31FN7O6PS. The maximum Gasteiger partial charge on any atom is 0.323 e. The van der Waals surface area contributed by atoms with Gasteiger partial charge in [0.25, 0.3) is 0 Å². The number of aliphatic hydroxyl groups excluding tert-OH is 1. The van der Waals surface area contributed by atoms with E-state index < -0.39 is 42.8 Å². The van der Waals surface area contributed by atoms with E-state index in [0.717, 1.165) is 0 Å². The van der Waals surface area contributed by atoms with E-state index >= 15 is 4.39 Å². The van der Waals surface area contributed by atoms with E-state index in [2.05, 4.69) is 25.4 Å². The molecule has 0 bridgehead atoms. The highest BCUT2D eigenvalue weighted by Gasteiger charge is 2.55. The lowest BCUT2D eigenvalue weighted by atomic mass is 9.98. The van der Waals surface area contributed by atoms with Crippen molar-refractivity contribution in [3.8, 4) is 5.75 Å². The van der Waals surface area contributed by atoms with Gasteiger partial charge in [-0.1, -0.05) is 18.2 Å². The van der Waals surface area contributed by atoms with Gasteiger partial charge in [-0.05, 0) is 44.7 Å². The van der Waals surface area contributed by atoms with Crippen molar-refractivity contribution in [2.45, 2.75) is 50.9 Å². The summed E-state index contributed by atoms with van der Waals surface area (Å²) in [5.41, 5.74) is 4.11. The summed E-state index contributed by atoms with van der Waals surface area (Å²) in [6, 6.07) is 7.78. The number of esters is 1. The van der Waals surface area contributed by atoms with Crippen LogP contribution in [0.5, 0.6) is 5.75 Å². The molecule has 1 fully saturated rings. The van der Waals surface area contributed by atoms with E-state index in [1.165, 1.54) is 17.8 Å². The second-order valence-corrected chi connectivity index (χ2v) is 12.1. The van der Waals surface area contributed by atoms with Crippen molar-refractivity contribution >= 4 is 47.3 Å². The fourth-order valence-corrected chi connectivity index (χ4v) is 6.49. The zero-order chi connectivity index (χ0) is 28.4. The van der Waals surface area contributed by atoms with Crippen LogP contribution in [0, 0.1) is 0 Å². The predicted octanol–water partition coefficient (Wildman–Crippen LogP) is 2.30. The van der Waals surface area contributed by atoms with Crippen LogP contribution < -0.4 is 20.7 Å². The molecule has 0 aliphatic carbocycles. The molecule has 2 aromatic heterocycles. The van der Waals surface area contributed by atoms with Crippen LogP contribution in [0.3, 0.4) is 0 Å². The van der Waals surface area contributed by atoms with E-state index in [-0.39, 0.29) is 24.8 Å². The predicted molar refractivity (Wildman–Crippen MR) is 145 cm³/mol. The van der Waals surface area contributed by atoms with E-state index in [1.807, 2.05) is 0 Å². The highest BCUT2D eigenvalue weighted by atomic mass is 32.5. The normalized spacial score (nSPS) is 25.2. The smallest absolute Gasteiger partial charge is 0.323 e. The minimum Gasteiger partial charge on any atom is -0.465 e. The molecule has 13 nitrogen and oxygen atoms in total. The molecule has 0 radical (unpaired) electrons. The summed E-state index contributed by atoms with van der Waals surface area (Å²) in [4.78, 5) is 24.8. The van der Waals surface area contributed by atoms with Crippen molar-refractivity contribution < 1.29 is 32.8 Å². The average molecular weight is 584 g/mol. The monoisotopic (exact) mass is 583 g/mol. The molecular weight excluding hydrogens is 552 g/mol. The van der Waals surface area contributed by atoms with Gasteiger partial charge in [-0.15, -0.1) is 0 Å². The van der Waals surface area contributed by atoms with Crippen LogP contribution >= 0.6 is 6.64 Å². The van der Waals surface area contributed by atoms with Gasteiger partial charge < -0.3 is 34.7 Å². The lowest BCUT2D eigenvalue weighted by Gasteiger charge is -2.28. The number of nitrogens with one attached hydrogen (secondary N) is 2. The first kappa shape index (κ1) is 29.1. The molecule has 1 aliphatic heterocycles. The molecule has 0 unspecified atom stereocenters. The van der Waals surface area contributed by atoms with Crippen molar-refractivity contribution in [2.24, 2.45) is 0 Å². The van der Waals surface area contributed by atoms with E-state index in [1.54, 1.807) is 51.2 Å². The number of alkyl halides is 1. The number of anilines is 2. The molecule has 4 rings (SSSR count). The summed E-state index contributed by atoms with van der Waals surface area (Å²) in [5.74, 6) is 0.159. The third-order valence-electron chi connectivity index (χ3n) is 6.01. The van der Waals surface area contributed by atoms with Gasteiger partial charge in [0.2, 0.25) is 5.95 Å². The van der Waals surface area contributed by atoms with Crippen molar-refractivity contribution in [3.05, 3.63) is 36.7 Å². The Morgan fingerprint density at radius 3 is 2.77 bits per heavy atom. The number of imidazole rings is 1. The third-order valence-corrected chi connectivity index (χ3v) is 8.51. The molecule has 1 aliphatic rings. The zero-order valence-corrected chi connectivity index (χ0v) is 23.5. The fourth-order valence-electron chi connectivity index (χ4n) is 4.07. The Balaban J connectivity index is 1.57. The van der Waals surface area contributed by atoms with Crippen molar-refractivity contribution in [3.63, 3.8) is 0 Å². The van der Waals surface area contributed by atoms with Gasteiger partial charge in [-0.3, -0.25) is 9.36 Å². The van der Waals surface area contributed by atoms with Crippen molar-refractivity contribution in [1.82, 2.24) is 24.6 Å². The number of aromatic nitrogens is 4. The quantitative estimate of drug-likeness (QED) is 0.192. The summed E-state index contributed by atoms with van der Waals surface area (Å²) in [7, 11) is 1.64. The largest absolute Gasteiger partial charge is 0.465 e. The SMILES string of the molecule is CCOC(=O)[C@H](C)N[P@](=S)(OC[C@H]1O[C@@H](n2cnc3c(NC)nc(N)nc32)[C@](C)(F)[C@@H]1O)Oc1ccccc1. The summed E-state index contributed by atoms with van der Waals surface area (Å²) in [6.45, 7) is 0.851. The summed E-state index contributed by atoms with van der Waals surface area (Å²) in [5, 5.41) is 16.7. The summed E-state index contributed by atoms with van der Waals surface area (Å²) >= 11 is 5.67. The molecule has 16 heteroatoms. The number of hydrogen-bond acceptors (Lipinski definition) is 12. The average Bonchev–Trinajstić information content (AvgIpc) is 3.40. The number of rotatable bonds is 11.